The summed E-state index contributed by atoms with van der Waals surface area (Å²) in [6.45, 7) is 6.55. The first-order valence-corrected chi connectivity index (χ1v) is 6.64. The number of hydrogen-bond acceptors (Lipinski definition) is 4. The fraction of sp³-hybridized carbons (Fsp3) is 0.643. The van der Waals surface area contributed by atoms with Gasteiger partial charge in [-0.2, -0.15) is 0 Å². The van der Waals surface area contributed by atoms with Gasteiger partial charge < -0.3 is 10.0 Å². The zero-order valence-electron chi connectivity index (χ0n) is 11.3. The predicted octanol–water partition coefficient (Wildman–Crippen LogP) is 0.793. The molecular formula is C14H23N3O. The fourth-order valence-electron chi connectivity index (χ4n) is 2.55. The van der Waals surface area contributed by atoms with E-state index in [1.807, 2.05) is 12.4 Å². The van der Waals surface area contributed by atoms with Crippen LogP contribution in [0.4, 0.5) is 0 Å². The lowest BCUT2D eigenvalue weighted by Gasteiger charge is -2.44. The Morgan fingerprint density at radius 3 is 2.72 bits per heavy atom. The Balaban J connectivity index is 1.75. The molecule has 1 aromatic rings. The predicted molar refractivity (Wildman–Crippen MR) is 72.6 cm³/mol. The Hall–Kier alpha value is -0.970. The van der Waals surface area contributed by atoms with Gasteiger partial charge in [0.1, 0.15) is 0 Å². The second kappa shape index (κ2) is 6.27. The highest BCUT2D eigenvalue weighted by atomic mass is 16.3. The highest BCUT2D eigenvalue weighted by Gasteiger charge is 2.31. The van der Waals surface area contributed by atoms with Crippen molar-refractivity contribution in [2.45, 2.75) is 18.9 Å². The Morgan fingerprint density at radius 2 is 2.11 bits per heavy atom. The Morgan fingerprint density at radius 1 is 1.44 bits per heavy atom. The molecule has 1 N–H and O–H groups in total. The van der Waals surface area contributed by atoms with Crippen molar-refractivity contribution >= 4 is 0 Å². The van der Waals surface area contributed by atoms with E-state index in [1.165, 1.54) is 5.56 Å². The van der Waals surface area contributed by atoms with Crippen LogP contribution in [0, 0.1) is 0 Å². The maximum atomic E-state index is 8.89. The largest absolute Gasteiger partial charge is 0.395 e. The van der Waals surface area contributed by atoms with Crippen LogP contribution in [0.5, 0.6) is 0 Å². The van der Waals surface area contributed by atoms with Crippen molar-refractivity contribution in [3.05, 3.63) is 30.1 Å². The van der Waals surface area contributed by atoms with Crippen molar-refractivity contribution in [1.29, 1.82) is 0 Å². The van der Waals surface area contributed by atoms with Crippen LogP contribution in [-0.4, -0.2) is 65.8 Å². The molecule has 1 unspecified atom stereocenters. The van der Waals surface area contributed by atoms with Gasteiger partial charge in [0.25, 0.3) is 0 Å². The Kier molecular flexibility index (Phi) is 4.69. The molecule has 100 valence electrons. The van der Waals surface area contributed by atoms with Gasteiger partial charge in [-0.15, -0.1) is 0 Å². The van der Waals surface area contributed by atoms with Gasteiger partial charge in [0, 0.05) is 50.5 Å². The average molecular weight is 249 g/mol. The quantitative estimate of drug-likeness (QED) is 0.809. The Bertz CT molecular complexity index is 351. The molecule has 0 aromatic carbocycles. The van der Waals surface area contributed by atoms with E-state index < -0.39 is 0 Å². The van der Waals surface area contributed by atoms with Gasteiger partial charge in [-0.05, 0) is 31.7 Å². The number of rotatable bonds is 6. The second-order valence-corrected chi connectivity index (χ2v) is 5.27. The number of hydrogen-bond donors (Lipinski definition) is 1. The van der Waals surface area contributed by atoms with Crippen molar-refractivity contribution in [1.82, 2.24) is 14.8 Å². The number of likely N-dealkylation sites (tertiary alicyclic amines) is 1. The molecule has 2 heterocycles. The summed E-state index contributed by atoms with van der Waals surface area (Å²) in [6.07, 6.45) is 3.74. The topological polar surface area (TPSA) is 39.6 Å². The van der Waals surface area contributed by atoms with Crippen LogP contribution in [0.15, 0.2) is 24.5 Å². The zero-order chi connectivity index (χ0) is 13.0. The van der Waals surface area contributed by atoms with Gasteiger partial charge in [-0.25, -0.2) is 0 Å². The molecule has 4 nitrogen and oxygen atoms in total. The molecule has 0 radical (unpaired) electrons. The average Bonchev–Trinajstić information content (AvgIpc) is 2.28. The SMILES string of the molecule is CC(CN(C)CCO)N1CC(c2ccncc2)C1. The van der Waals surface area contributed by atoms with Gasteiger partial charge in [0.15, 0.2) is 0 Å². The number of aliphatic hydroxyl groups is 1. The molecular weight excluding hydrogens is 226 g/mol. The van der Waals surface area contributed by atoms with E-state index >= 15 is 0 Å². The third-order valence-corrected chi connectivity index (χ3v) is 3.77. The number of aromatic nitrogens is 1. The molecule has 1 aliphatic rings. The third-order valence-electron chi connectivity index (χ3n) is 3.77. The summed E-state index contributed by atoms with van der Waals surface area (Å²) >= 11 is 0. The van der Waals surface area contributed by atoms with Gasteiger partial charge in [-0.1, -0.05) is 0 Å². The first-order valence-electron chi connectivity index (χ1n) is 6.64. The second-order valence-electron chi connectivity index (χ2n) is 5.27. The molecule has 1 fully saturated rings. The summed E-state index contributed by atoms with van der Waals surface area (Å²) in [5.74, 6) is 0.665. The molecule has 1 aliphatic heterocycles. The summed E-state index contributed by atoms with van der Waals surface area (Å²) in [4.78, 5) is 8.74. The van der Waals surface area contributed by atoms with Crippen LogP contribution in [0.3, 0.4) is 0 Å². The molecule has 1 saturated heterocycles. The lowest BCUT2D eigenvalue weighted by molar-refractivity contribution is 0.0756. The van der Waals surface area contributed by atoms with Crippen LogP contribution < -0.4 is 0 Å². The minimum absolute atomic E-state index is 0.239. The molecule has 0 aliphatic carbocycles. The minimum Gasteiger partial charge on any atom is -0.395 e. The first kappa shape index (κ1) is 13.5. The van der Waals surface area contributed by atoms with Gasteiger partial charge in [0.2, 0.25) is 0 Å². The summed E-state index contributed by atoms with van der Waals surface area (Å²) in [5.41, 5.74) is 1.40. The van der Waals surface area contributed by atoms with Gasteiger partial charge in [0.05, 0.1) is 6.61 Å². The number of pyridine rings is 1. The van der Waals surface area contributed by atoms with Gasteiger partial charge >= 0.3 is 0 Å². The van der Waals surface area contributed by atoms with Gasteiger partial charge in [-0.3, -0.25) is 9.88 Å². The van der Waals surface area contributed by atoms with Crippen molar-refractivity contribution in [3.8, 4) is 0 Å². The maximum Gasteiger partial charge on any atom is 0.0558 e. The van der Waals surface area contributed by atoms with Crippen LogP contribution in [0.2, 0.25) is 0 Å². The minimum atomic E-state index is 0.239. The molecule has 2 rings (SSSR count). The number of likely N-dealkylation sites (N-methyl/N-ethyl adjacent to an activating group) is 1. The van der Waals surface area contributed by atoms with E-state index in [1.54, 1.807) is 0 Å². The van der Waals surface area contributed by atoms with Crippen molar-refractivity contribution < 1.29 is 5.11 Å². The van der Waals surface area contributed by atoms with E-state index in [4.69, 9.17) is 5.11 Å². The van der Waals surface area contributed by atoms with Crippen LogP contribution in [-0.2, 0) is 0 Å². The monoisotopic (exact) mass is 249 g/mol. The summed E-state index contributed by atoms with van der Waals surface area (Å²) in [6, 6.07) is 4.79. The molecule has 0 saturated carbocycles. The number of nitrogens with zero attached hydrogens (tertiary/aromatic N) is 3. The smallest absolute Gasteiger partial charge is 0.0558 e. The van der Waals surface area contributed by atoms with Crippen LogP contribution >= 0.6 is 0 Å². The maximum absolute atomic E-state index is 8.89. The highest BCUT2D eigenvalue weighted by Crippen LogP contribution is 2.28. The molecule has 1 aromatic heterocycles. The van der Waals surface area contributed by atoms with Crippen LogP contribution in [0.25, 0.3) is 0 Å². The summed E-state index contributed by atoms with van der Waals surface area (Å²) in [5, 5.41) is 8.89. The lowest BCUT2D eigenvalue weighted by atomic mass is 9.91. The van der Waals surface area contributed by atoms with Crippen molar-refractivity contribution in [2.24, 2.45) is 0 Å². The summed E-state index contributed by atoms with van der Waals surface area (Å²) in [7, 11) is 2.06. The highest BCUT2D eigenvalue weighted by molar-refractivity contribution is 5.20. The van der Waals surface area contributed by atoms with E-state index in [9.17, 15) is 0 Å². The third kappa shape index (κ3) is 3.28. The summed E-state index contributed by atoms with van der Waals surface area (Å²) < 4.78 is 0. The Labute approximate surface area is 109 Å². The van der Waals surface area contributed by atoms with Crippen LogP contribution in [0.1, 0.15) is 18.4 Å². The van der Waals surface area contributed by atoms with E-state index in [0.29, 0.717) is 12.0 Å². The lowest BCUT2D eigenvalue weighted by Crippen LogP contribution is -2.53. The van der Waals surface area contributed by atoms with E-state index in [-0.39, 0.29) is 6.61 Å². The normalized spacial score (nSPS) is 18.9. The molecule has 18 heavy (non-hydrogen) atoms. The number of aliphatic hydroxyl groups excluding tert-OH is 1. The van der Waals surface area contributed by atoms with E-state index in [2.05, 4.69) is 40.9 Å². The van der Waals surface area contributed by atoms with Crippen molar-refractivity contribution in [3.63, 3.8) is 0 Å². The zero-order valence-corrected chi connectivity index (χ0v) is 11.3. The molecule has 0 bridgehead atoms. The molecule has 4 heteroatoms. The van der Waals surface area contributed by atoms with Crippen molar-refractivity contribution in [2.75, 3.05) is 39.8 Å². The molecule has 0 amide bonds. The standard InChI is InChI=1S/C14H23N3O/c1-12(9-16(2)7-8-18)17-10-14(11-17)13-3-5-15-6-4-13/h3-6,12,14,18H,7-11H2,1-2H3. The first-order chi connectivity index (χ1) is 8.70. The molecule has 1 atom stereocenters. The van der Waals surface area contributed by atoms with E-state index in [0.717, 1.165) is 26.2 Å². The fourth-order valence-corrected chi connectivity index (χ4v) is 2.55. The molecule has 0 spiro atoms.